The largest absolute Gasteiger partial charge is 0.484 e. The molecule has 1 aliphatic rings. The summed E-state index contributed by atoms with van der Waals surface area (Å²) < 4.78 is 5.45. The molecule has 2 aromatic rings. The minimum Gasteiger partial charge on any atom is -0.484 e. The fourth-order valence-electron chi connectivity index (χ4n) is 2.93. The number of hydrogen-bond acceptors (Lipinski definition) is 3. The van der Waals surface area contributed by atoms with Gasteiger partial charge in [0.2, 0.25) is 5.91 Å². The number of para-hydroxylation sites is 1. The smallest absolute Gasteiger partial charge is 0.258 e. The van der Waals surface area contributed by atoms with Crippen LogP contribution in [0.3, 0.4) is 0 Å². The normalized spacial score (nSPS) is 13.9. The van der Waals surface area contributed by atoms with Crippen molar-refractivity contribution in [3.8, 4) is 5.75 Å². The van der Waals surface area contributed by atoms with Gasteiger partial charge in [-0.2, -0.15) is 0 Å². The molecule has 0 aliphatic carbocycles. The number of ether oxygens (including phenoxy) is 1. The molecule has 0 aromatic heterocycles. The van der Waals surface area contributed by atoms with E-state index < -0.39 is 6.04 Å². The maximum Gasteiger partial charge on any atom is 0.258 e. The number of nitrogens with one attached hydrogen (secondary N) is 1. The molecular weight excluding hydrogens is 316 g/mol. The highest BCUT2D eigenvalue weighted by molar-refractivity contribution is 6.00. The average molecular weight is 338 g/mol. The van der Waals surface area contributed by atoms with Crippen molar-refractivity contribution >= 4 is 17.5 Å². The third kappa shape index (κ3) is 3.99. The Morgan fingerprint density at radius 3 is 2.64 bits per heavy atom. The summed E-state index contributed by atoms with van der Waals surface area (Å²) in [6, 6.07) is 14.7. The molecule has 1 atom stereocenters. The van der Waals surface area contributed by atoms with Crippen molar-refractivity contribution in [2.45, 2.75) is 26.3 Å². The Balaban J connectivity index is 1.53. The predicted molar refractivity (Wildman–Crippen MR) is 96.8 cm³/mol. The van der Waals surface area contributed by atoms with E-state index in [1.165, 1.54) is 0 Å². The van der Waals surface area contributed by atoms with Crippen molar-refractivity contribution in [2.24, 2.45) is 0 Å². The molecule has 0 spiro atoms. The van der Waals surface area contributed by atoms with Crippen LogP contribution in [0.15, 0.2) is 48.5 Å². The van der Waals surface area contributed by atoms with E-state index >= 15 is 0 Å². The van der Waals surface area contributed by atoms with Crippen molar-refractivity contribution in [1.29, 1.82) is 0 Å². The standard InChI is InChI=1S/C20H22N2O3/c1-14-7-9-17(10-8-14)25-13-19(23)21-15(2)20(24)22-12-11-16-5-3-4-6-18(16)22/h3-10,15H,11-13H2,1-2H3,(H,21,23)/t15-/m0/s1. The maximum absolute atomic E-state index is 12.6. The maximum atomic E-state index is 12.6. The topological polar surface area (TPSA) is 58.6 Å². The molecule has 5 heteroatoms. The third-order valence-corrected chi connectivity index (χ3v) is 4.29. The lowest BCUT2D eigenvalue weighted by atomic mass is 10.2. The van der Waals surface area contributed by atoms with E-state index in [1.54, 1.807) is 11.8 Å². The van der Waals surface area contributed by atoms with Crippen LogP contribution in [0.4, 0.5) is 5.69 Å². The van der Waals surface area contributed by atoms with E-state index in [9.17, 15) is 9.59 Å². The molecule has 130 valence electrons. The summed E-state index contributed by atoms with van der Waals surface area (Å²) in [5.74, 6) is 0.218. The van der Waals surface area contributed by atoms with Gasteiger partial charge in [-0.1, -0.05) is 35.9 Å². The van der Waals surface area contributed by atoms with Crippen molar-refractivity contribution in [3.63, 3.8) is 0 Å². The summed E-state index contributed by atoms with van der Waals surface area (Å²) in [6.45, 7) is 4.23. The molecule has 1 N–H and O–H groups in total. The Morgan fingerprint density at radius 1 is 1.16 bits per heavy atom. The molecule has 1 aliphatic heterocycles. The number of benzene rings is 2. The van der Waals surface area contributed by atoms with E-state index in [1.807, 2.05) is 55.5 Å². The zero-order chi connectivity index (χ0) is 17.8. The zero-order valence-corrected chi connectivity index (χ0v) is 14.5. The van der Waals surface area contributed by atoms with Crippen molar-refractivity contribution < 1.29 is 14.3 Å². The second-order valence-electron chi connectivity index (χ2n) is 6.26. The van der Waals surface area contributed by atoms with E-state index in [2.05, 4.69) is 5.32 Å². The molecule has 3 rings (SSSR count). The van der Waals surface area contributed by atoms with Crippen molar-refractivity contribution in [3.05, 3.63) is 59.7 Å². The van der Waals surface area contributed by atoms with Gasteiger partial charge in [-0.15, -0.1) is 0 Å². The predicted octanol–water partition coefficient (Wildman–Crippen LogP) is 2.47. The molecule has 0 fully saturated rings. The lowest BCUT2D eigenvalue weighted by molar-refractivity contribution is -0.128. The van der Waals surface area contributed by atoms with Gasteiger partial charge >= 0.3 is 0 Å². The number of carbonyl (C=O) groups is 2. The molecule has 25 heavy (non-hydrogen) atoms. The Hall–Kier alpha value is -2.82. The summed E-state index contributed by atoms with van der Waals surface area (Å²) in [5.41, 5.74) is 3.23. The quantitative estimate of drug-likeness (QED) is 0.911. The molecule has 0 unspecified atom stereocenters. The van der Waals surface area contributed by atoms with Crippen LogP contribution >= 0.6 is 0 Å². The first-order valence-corrected chi connectivity index (χ1v) is 8.43. The molecule has 0 radical (unpaired) electrons. The lowest BCUT2D eigenvalue weighted by Crippen LogP contribution is -2.47. The van der Waals surface area contributed by atoms with Crippen LogP contribution in [-0.4, -0.2) is 31.0 Å². The van der Waals surface area contributed by atoms with Gasteiger partial charge in [-0.25, -0.2) is 0 Å². The van der Waals surface area contributed by atoms with Crippen LogP contribution in [0.1, 0.15) is 18.1 Å². The summed E-state index contributed by atoms with van der Waals surface area (Å²) in [7, 11) is 0. The number of amides is 2. The highest BCUT2D eigenvalue weighted by Gasteiger charge is 2.28. The number of anilines is 1. The first kappa shape index (κ1) is 17.0. The van der Waals surface area contributed by atoms with Gasteiger partial charge in [0.15, 0.2) is 6.61 Å². The minimum atomic E-state index is -0.597. The summed E-state index contributed by atoms with van der Waals surface area (Å²) in [4.78, 5) is 26.4. The molecule has 1 heterocycles. The van der Waals surface area contributed by atoms with Crippen LogP contribution in [-0.2, 0) is 16.0 Å². The highest BCUT2D eigenvalue weighted by Crippen LogP contribution is 2.27. The SMILES string of the molecule is Cc1ccc(OCC(=O)N[C@@H](C)C(=O)N2CCc3ccccc32)cc1. The van der Waals surface area contributed by atoms with Gasteiger partial charge in [0.1, 0.15) is 11.8 Å². The number of nitrogens with zero attached hydrogens (tertiary/aromatic N) is 1. The number of fused-ring (bicyclic) bond motifs is 1. The number of carbonyl (C=O) groups excluding carboxylic acids is 2. The number of hydrogen-bond donors (Lipinski definition) is 1. The van der Waals surface area contributed by atoms with E-state index in [0.717, 1.165) is 23.2 Å². The molecule has 0 saturated carbocycles. The van der Waals surface area contributed by atoms with Gasteiger partial charge in [-0.3, -0.25) is 9.59 Å². The average Bonchev–Trinajstić information content (AvgIpc) is 3.04. The monoisotopic (exact) mass is 338 g/mol. The molecule has 0 saturated heterocycles. The van der Waals surface area contributed by atoms with Crippen molar-refractivity contribution in [1.82, 2.24) is 5.32 Å². The third-order valence-electron chi connectivity index (χ3n) is 4.29. The number of aryl methyl sites for hydroxylation is 1. The minimum absolute atomic E-state index is 0.103. The van der Waals surface area contributed by atoms with Gasteiger partial charge in [-0.05, 0) is 44.0 Å². The Labute approximate surface area is 147 Å². The fraction of sp³-hybridized carbons (Fsp3) is 0.300. The number of rotatable bonds is 5. The molecule has 2 amide bonds. The summed E-state index contributed by atoms with van der Waals surface area (Å²) >= 11 is 0. The molecule has 5 nitrogen and oxygen atoms in total. The van der Waals surface area contributed by atoms with Gasteiger partial charge < -0.3 is 15.0 Å². The summed E-state index contributed by atoms with van der Waals surface area (Å²) in [5, 5.41) is 2.71. The first-order valence-electron chi connectivity index (χ1n) is 8.43. The zero-order valence-electron chi connectivity index (χ0n) is 14.5. The summed E-state index contributed by atoms with van der Waals surface area (Å²) in [6.07, 6.45) is 0.846. The first-order chi connectivity index (χ1) is 12.0. The molecular formula is C20H22N2O3. The second-order valence-corrected chi connectivity index (χ2v) is 6.26. The van der Waals surface area contributed by atoms with Crippen LogP contribution in [0.25, 0.3) is 0 Å². The van der Waals surface area contributed by atoms with Gasteiger partial charge in [0, 0.05) is 12.2 Å². The Kier molecular flexibility index (Phi) is 5.03. The lowest BCUT2D eigenvalue weighted by Gasteiger charge is -2.22. The Morgan fingerprint density at radius 2 is 1.88 bits per heavy atom. The molecule has 0 bridgehead atoms. The van der Waals surface area contributed by atoms with Gasteiger partial charge in [0.25, 0.3) is 5.91 Å². The highest BCUT2D eigenvalue weighted by atomic mass is 16.5. The fourth-order valence-corrected chi connectivity index (χ4v) is 2.93. The van der Waals surface area contributed by atoms with Crippen LogP contribution in [0.2, 0.25) is 0 Å². The van der Waals surface area contributed by atoms with Crippen LogP contribution in [0, 0.1) is 6.92 Å². The second kappa shape index (κ2) is 7.38. The Bertz CT molecular complexity index is 771. The van der Waals surface area contributed by atoms with Crippen molar-refractivity contribution in [2.75, 3.05) is 18.1 Å². The van der Waals surface area contributed by atoms with Crippen LogP contribution in [0.5, 0.6) is 5.75 Å². The van der Waals surface area contributed by atoms with E-state index in [4.69, 9.17) is 4.74 Å². The van der Waals surface area contributed by atoms with E-state index in [-0.39, 0.29) is 18.4 Å². The molecule has 2 aromatic carbocycles. The van der Waals surface area contributed by atoms with Gasteiger partial charge in [0.05, 0.1) is 0 Å². The van der Waals surface area contributed by atoms with Crippen LogP contribution < -0.4 is 15.0 Å². The van der Waals surface area contributed by atoms with E-state index in [0.29, 0.717) is 12.3 Å².